The highest BCUT2D eigenvalue weighted by Gasteiger charge is 2.28. The molecule has 4 N–H and O–H groups in total. The number of nitrogens with zero attached hydrogens (tertiary/aromatic N) is 2. The van der Waals surface area contributed by atoms with Gasteiger partial charge in [-0.25, -0.2) is 4.57 Å². The third kappa shape index (κ3) is 30.1. The fraction of sp³-hybridized carbons (Fsp3) is 0.825. The van der Waals surface area contributed by atoms with Crippen molar-refractivity contribution in [3.8, 4) is 0 Å². The summed E-state index contributed by atoms with van der Waals surface area (Å²) < 4.78 is 34.2. The Morgan fingerprint density at radius 2 is 1.18 bits per heavy atom. The van der Waals surface area contributed by atoms with E-state index in [-0.39, 0.29) is 63.0 Å². The van der Waals surface area contributed by atoms with Gasteiger partial charge < -0.3 is 34.8 Å². The van der Waals surface area contributed by atoms with E-state index in [0.29, 0.717) is 56.4 Å². The van der Waals surface area contributed by atoms with E-state index in [9.17, 15) is 33.4 Å². The number of phosphoric acid groups is 1. The molecule has 0 aromatic heterocycles. The van der Waals surface area contributed by atoms with Gasteiger partial charge in [-0.15, -0.1) is 0 Å². The Hall–Kier alpha value is -2.72. The van der Waals surface area contributed by atoms with Gasteiger partial charge in [0.15, 0.2) is 0 Å². The quantitative estimate of drug-likeness (QED) is 0.0295. The van der Waals surface area contributed by atoms with E-state index in [0.717, 1.165) is 25.7 Å². The molecule has 1 heterocycles. The predicted octanol–water partition coefficient (Wildman–Crippen LogP) is 4.54. The van der Waals surface area contributed by atoms with Crippen molar-refractivity contribution in [3.63, 3.8) is 0 Å². The molecule has 1 aliphatic heterocycles. The van der Waals surface area contributed by atoms with Gasteiger partial charge in [-0.3, -0.25) is 37.9 Å². The van der Waals surface area contributed by atoms with Crippen LogP contribution in [-0.2, 0) is 47.1 Å². The van der Waals surface area contributed by atoms with E-state index in [4.69, 9.17) is 18.5 Å². The highest BCUT2D eigenvalue weighted by atomic mass is 31.2. The van der Waals surface area contributed by atoms with Crippen molar-refractivity contribution >= 4 is 37.4 Å². The second kappa shape index (κ2) is 32.2. The van der Waals surface area contributed by atoms with Gasteiger partial charge in [0, 0.05) is 44.6 Å². The lowest BCUT2D eigenvalue weighted by Crippen LogP contribution is -2.49. The third-order valence-electron chi connectivity index (χ3n) is 9.25. The van der Waals surface area contributed by atoms with E-state index >= 15 is 0 Å². The maximum absolute atomic E-state index is 13.0. The van der Waals surface area contributed by atoms with Crippen molar-refractivity contribution in [2.24, 2.45) is 0 Å². The van der Waals surface area contributed by atoms with Gasteiger partial charge in [-0.1, -0.05) is 90.4 Å². The summed E-state index contributed by atoms with van der Waals surface area (Å²) in [4.78, 5) is 72.2. The Kier molecular flexibility index (Phi) is 29.5. The summed E-state index contributed by atoms with van der Waals surface area (Å²) in [6, 6.07) is -1.20. The van der Waals surface area contributed by atoms with Gasteiger partial charge in [-0.05, 0) is 19.3 Å². The normalized spacial score (nSPS) is 14.5. The molecule has 57 heavy (non-hydrogen) atoms. The van der Waals surface area contributed by atoms with Crippen molar-refractivity contribution in [3.05, 3.63) is 12.2 Å². The van der Waals surface area contributed by atoms with Crippen LogP contribution in [0.2, 0.25) is 0 Å². The minimum atomic E-state index is -4.46. The van der Waals surface area contributed by atoms with Crippen LogP contribution in [0.4, 0.5) is 0 Å². The molecule has 17 heteroatoms. The number of quaternary nitrogens is 1. The maximum atomic E-state index is 13.0. The van der Waals surface area contributed by atoms with Crippen LogP contribution in [0.1, 0.15) is 122 Å². The molecule has 0 bridgehead atoms. The topological polar surface area (TPSA) is 199 Å². The predicted molar refractivity (Wildman–Crippen MR) is 219 cm³/mol. The molecule has 0 aromatic rings. The van der Waals surface area contributed by atoms with E-state index in [1.165, 1.54) is 74.8 Å². The van der Waals surface area contributed by atoms with Crippen LogP contribution in [0.25, 0.3) is 0 Å². The van der Waals surface area contributed by atoms with Crippen molar-refractivity contribution in [1.82, 2.24) is 20.9 Å². The number of hydrogen-bond acceptors (Lipinski definition) is 10. The molecule has 0 aromatic carbocycles. The number of likely N-dealkylation sites (N-methyl/N-ethyl adjacent to an activating group) is 1. The number of imide groups is 1. The number of hydrogen-bond donors (Lipinski definition) is 4. The molecule has 1 unspecified atom stereocenters. The maximum Gasteiger partial charge on any atom is 0.472 e. The summed E-state index contributed by atoms with van der Waals surface area (Å²) in [5.41, 5.74) is 0. The Labute approximate surface area is 341 Å². The molecule has 0 radical (unpaired) electrons. The van der Waals surface area contributed by atoms with Crippen molar-refractivity contribution in [2.75, 3.05) is 87.0 Å². The monoisotopic (exact) mass is 833 g/mol. The summed E-state index contributed by atoms with van der Waals surface area (Å²) in [7, 11) is 1.28. The first-order chi connectivity index (χ1) is 27.2. The molecule has 0 aliphatic carbocycles. The zero-order chi connectivity index (χ0) is 42.2. The molecular weight excluding hydrogens is 757 g/mol. The largest absolute Gasteiger partial charge is 0.472 e. The van der Waals surface area contributed by atoms with Gasteiger partial charge in [0.25, 0.3) is 11.8 Å². The number of ether oxygens (including phenoxy) is 2. The molecular formula is C40H75N5O11P+. The first-order valence-corrected chi connectivity index (χ1v) is 22.7. The van der Waals surface area contributed by atoms with E-state index in [2.05, 4.69) is 22.9 Å². The van der Waals surface area contributed by atoms with Crippen molar-refractivity contribution in [1.29, 1.82) is 0 Å². The summed E-state index contributed by atoms with van der Waals surface area (Å²) in [5.74, 6) is -1.62. The minimum absolute atomic E-state index is 0.0239. The average molecular weight is 833 g/mol. The fourth-order valence-corrected chi connectivity index (χ4v) is 6.54. The first kappa shape index (κ1) is 52.3. The van der Waals surface area contributed by atoms with Crippen molar-refractivity contribution in [2.45, 2.75) is 129 Å². The number of amides is 5. The number of carbonyl (C=O) groups excluding carboxylic acids is 5. The lowest BCUT2D eigenvalue weighted by Gasteiger charge is -2.24. The Morgan fingerprint density at radius 3 is 1.72 bits per heavy atom. The summed E-state index contributed by atoms with van der Waals surface area (Å²) in [6.45, 7) is 3.94. The molecule has 2 atom stereocenters. The zero-order valence-electron chi connectivity index (χ0n) is 35.4. The Balaban J connectivity index is 2.27. The number of rotatable bonds is 38. The van der Waals surface area contributed by atoms with E-state index in [1.807, 2.05) is 21.1 Å². The van der Waals surface area contributed by atoms with Gasteiger partial charge >= 0.3 is 7.82 Å². The second-order valence-corrected chi connectivity index (χ2v) is 17.0. The molecule has 0 saturated carbocycles. The van der Waals surface area contributed by atoms with Crippen LogP contribution in [-0.4, -0.2) is 137 Å². The van der Waals surface area contributed by atoms with Crippen LogP contribution >= 0.6 is 7.82 Å². The van der Waals surface area contributed by atoms with Crippen LogP contribution in [0, 0.1) is 0 Å². The SMILES string of the molecule is CCCCCCCCCCCCCCCC(=O)N[C@@H](COP(=O)(O)OCC[N+](C)(C)C)C(=O)NCCOCCOCCNC(=O)CCCCCN1C(=O)C=CC1=O. The van der Waals surface area contributed by atoms with Gasteiger partial charge in [-0.2, -0.15) is 0 Å². The molecule has 0 fully saturated rings. The molecule has 1 aliphatic rings. The van der Waals surface area contributed by atoms with Gasteiger partial charge in [0.2, 0.25) is 17.7 Å². The van der Waals surface area contributed by atoms with Gasteiger partial charge in [0.1, 0.15) is 19.2 Å². The Morgan fingerprint density at radius 1 is 0.684 bits per heavy atom. The summed E-state index contributed by atoms with van der Waals surface area (Å²) >= 11 is 0. The number of carbonyl (C=O) groups is 5. The molecule has 330 valence electrons. The van der Waals surface area contributed by atoms with Crippen molar-refractivity contribution < 1.29 is 56.4 Å². The van der Waals surface area contributed by atoms with Crippen LogP contribution < -0.4 is 16.0 Å². The van der Waals surface area contributed by atoms with E-state index in [1.54, 1.807) is 0 Å². The molecule has 5 amide bonds. The van der Waals surface area contributed by atoms with Crippen LogP contribution in [0.15, 0.2) is 12.2 Å². The molecule has 16 nitrogen and oxygen atoms in total. The fourth-order valence-electron chi connectivity index (χ4n) is 5.82. The number of unbranched alkanes of at least 4 members (excludes halogenated alkanes) is 14. The average Bonchev–Trinajstić information content (AvgIpc) is 3.47. The lowest BCUT2D eigenvalue weighted by atomic mass is 10.0. The lowest BCUT2D eigenvalue weighted by molar-refractivity contribution is -0.870. The van der Waals surface area contributed by atoms with Crippen LogP contribution in [0.3, 0.4) is 0 Å². The zero-order valence-corrected chi connectivity index (χ0v) is 36.3. The minimum Gasteiger partial charge on any atom is -0.377 e. The smallest absolute Gasteiger partial charge is 0.377 e. The van der Waals surface area contributed by atoms with Gasteiger partial charge in [0.05, 0.1) is 54.2 Å². The highest BCUT2D eigenvalue weighted by molar-refractivity contribution is 7.47. The number of nitrogens with one attached hydrogen (secondary N) is 3. The second-order valence-electron chi connectivity index (χ2n) is 15.6. The third-order valence-corrected chi connectivity index (χ3v) is 10.2. The Bertz CT molecular complexity index is 1210. The first-order valence-electron chi connectivity index (χ1n) is 21.2. The standard InChI is InChI=1S/C40H74N5O11P/c1-5-6-7-8-9-10-11-12-13-14-15-16-18-22-37(47)43-35(34-56-57(51,52)55-31-28-45(2,3)4)40(50)42-26-30-54-33-32-53-29-25-41-36(46)21-19-17-20-27-44-38(48)23-24-39(44)49/h23-24,35H,5-22,25-34H2,1-4H3,(H3-,41,42,43,46,47,50,51,52)/p+1/t35-/m0/s1. The molecule has 0 saturated heterocycles. The highest BCUT2D eigenvalue weighted by Crippen LogP contribution is 2.43. The summed E-state index contributed by atoms with van der Waals surface area (Å²) in [5, 5.41) is 8.10. The van der Waals surface area contributed by atoms with E-state index < -0.39 is 26.4 Å². The summed E-state index contributed by atoms with van der Waals surface area (Å²) in [6.07, 6.45) is 20.5. The molecule has 1 rings (SSSR count). The number of phosphoric ester groups is 1. The molecule has 0 spiro atoms. The van der Waals surface area contributed by atoms with Crippen LogP contribution in [0.5, 0.6) is 0 Å².